The number of pyridine rings is 1. The number of aromatic nitrogens is 1. The summed E-state index contributed by atoms with van der Waals surface area (Å²) in [6.07, 6.45) is 3.44. The lowest BCUT2D eigenvalue weighted by atomic mass is 9.74. The molecule has 0 spiro atoms. The van der Waals surface area contributed by atoms with Gasteiger partial charge in [0, 0.05) is 19.3 Å². The van der Waals surface area contributed by atoms with Crippen LogP contribution in [0.5, 0.6) is 0 Å². The largest absolute Gasteiger partial charge is 0.384 e. The summed E-state index contributed by atoms with van der Waals surface area (Å²) in [5.41, 5.74) is 5.59. The number of hydrogen-bond acceptors (Lipinski definition) is 4. The molecule has 1 aromatic heterocycles. The summed E-state index contributed by atoms with van der Waals surface area (Å²) in [5, 5.41) is 9.91. The van der Waals surface area contributed by atoms with E-state index in [1.807, 2.05) is 6.92 Å². The first-order valence-corrected chi connectivity index (χ1v) is 8.36. The zero-order chi connectivity index (χ0) is 17.5. The molecule has 5 nitrogen and oxygen atoms in total. The number of nitrogen functional groups attached to an aromatic ring is 1. The van der Waals surface area contributed by atoms with Crippen molar-refractivity contribution in [2.75, 3.05) is 18.8 Å². The van der Waals surface area contributed by atoms with E-state index < -0.39 is 17.4 Å². The van der Waals surface area contributed by atoms with E-state index in [-0.39, 0.29) is 31.8 Å². The van der Waals surface area contributed by atoms with E-state index in [2.05, 4.69) is 4.98 Å². The molecule has 2 fully saturated rings. The van der Waals surface area contributed by atoms with Crippen molar-refractivity contribution >= 4 is 11.7 Å². The van der Waals surface area contributed by atoms with Crippen LogP contribution in [0.25, 0.3) is 0 Å². The Morgan fingerprint density at radius 1 is 1.42 bits per heavy atom. The second kappa shape index (κ2) is 5.95. The minimum Gasteiger partial charge on any atom is -0.384 e. The highest BCUT2D eigenvalue weighted by Gasteiger charge is 2.62. The number of rotatable bonds is 3. The molecule has 1 amide bonds. The number of hydrogen-bond donors (Lipinski definition) is 2. The van der Waals surface area contributed by atoms with Gasteiger partial charge < -0.3 is 15.7 Å². The number of carbonyl (C=O) groups is 1. The topological polar surface area (TPSA) is 79.5 Å². The zero-order valence-corrected chi connectivity index (χ0v) is 13.8. The number of aryl methyl sites for hydroxylation is 1. The highest BCUT2D eigenvalue weighted by molar-refractivity contribution is 5.85. The van der Waals surface area contributed by atoms with Crippen molar-refractivity contribution in [1.29, 1.82) is 0 Å². The molecular weight excluding hydrogens is 316 g/mol. The Labute approximate surface area is 139 Å². The van der Waals surface area contributed by atoms with Gasteiger partial charge in [-0.25, -0.2) is 4.98 Å². The van der Waals surface area contributed by atoms with E-state index in [9.17, 15) is 18.7 Å². The SMILES string of the molecule is Cc1cc(N)ncc1C1CCN(C(=O)C(F)(F)C2(O)CCC2)CC1. The Morgan fingerprint density at radius 3 is 2.54 bits per heavy atom. The Kier molecular flexibility index (Phi) is 4.23. The van der Waals surface area contributed by atoms with Crippen molar-refractivity contribution in [3.8, 4) is 0 Å². The van der Waals surface area contributed by atoms with Gasteiger partial charge in [0.1, 0.15) is 11.4 Å². The molecule has 7 heteroatoms. The van der Waals surface area contributed by atoms with Gasteiger partial charge in [-0.3, -0.25) is 4.79 Å². The molecule has 0 bridgehead atoms. The van der Waals surface area contributed by atoms with Crippen molar-refractivity contribution in [1.82, 2.24) is 9.88 Å². The van der Waals surface area contributed by atoms with Crippen LogP contribution in [-0.4, -0.2) is 45.5 Å². The number of nitrogens with two attached hydrogens (primary N) is 1. The highest BCUT2D eigenvalue weighted by Crippen LogP contribution is 2.45. The minimum absolute atomic E-state index is 0.0154. The van der Waals surface area contributed by atoms with E-state index in [0.29, 0.717) is 25.1 Å². The van der Waals surface area contributed by atoms with Crippen LogP contribution in [0.2, 0.25) is 0 Å². The normalized spacial score (nSPS) is 21.4. The number of nitrogens with zero attached hydrogens (tertiary/aromatic N) is 2. The van der Waals surface area contributed by atoms with E-state index in [0.717, 1.165) is 11.1 Å². The molecule has 0 aromatic carbocycles. The van der Waals surface area contributed by atoms with Crippen molar-refractivity contribution in [2.24, 2.45) is 0 Å². The summed E-state index contributed by atoms with van der Waals surface area (Å²) in [7, 11) is 0. The highest BCUT2D eigenvalue weighted by atomic mass is 19.3. The average Bonchev–Trinajstić information content (AvgIpc) is 2.52. The molecule has 0 radical (unpaired) electrons. The van der Waals surface area contributed by atoms with Gasteiger partial charge in [-0.1, -0.05) is 0 Å². The summed E-state index contributed by atoms with van der Waals surface area (Å²) in [6, 6.07) is 1.80. The summed E-state index contributed by atoms with van der Waals surface area (Å²) < 4.78 is 28.6. The molecule has 132 valence electrons. The van der Waals surface area contributed by atoms with Crippen LogP contribution in [0.3, 0.4) is 0 Å². The molecule has 1 aliphatic carbocycles. The van der Waals surface area contributed by atoms with Gasteiger partial charge in [-0.2, -0.15) is 8.78 Å². The first kappa shape index (κ1) is 17.1. The minimum atomic E-state index is -3.70. The Balaban J connectivity index is 1.65. The lowest BCUT2D eigenvalue weighted by Crippen LogP contribution is -2.62. The average molecular weight is 339 g/mol. The van der Waals surface area contributed by atoms with Crippen molar-refractivity contribution < 1.29 is 18.7 Å². The van der Waals surface area contributed by atoms with Gasteiger partial charge in [0.15, 0.2) is 0 Å². The number of alkyl halides is 2. The van der Waals surface area contributed by atoms with E-state index >= 15 is 0 Å². The smallest absolute Gasteiger partial charge is 0.352 e. The molecular formula is C17H23F2N3O2. The molecule has 0 unspecified atom stereocenters. The van der Waals surface area contributed by atoms with E-state index in [1.54, 1.807) is 12.3 Å². The van der Waals surface area contributed by atoms with E-state index in [1.165, 1.54) is 4.90 Å². The van der Waals surface area contributed by atoms with Gasteiger partial charge in [-0.05, 0) is 62.1 Å². The maximum Gasteiger partial charge on any atom is 0.352 e. The molecule has 24 heavy (non-hydrogen) atoms. The lowest BCUT2D eigenvalue weighted by molar-refractivity contribution is -0.224. The van der Waals surface area contributed by atoms with Crippen LogP contribution in [0.15, 0.2) is 12.3 Å². The van der Waals surface area contributed by atoms with Crippen LogP contribution in [0, 0.1) is 6.92 Å². The molecule has 1 saturated carbocycles. The molecule has 2 heterocycles. The van der Waals surface area contributed by atoms with Gasteiger partial charge in [0.05, 0.1) is 0 Å². The van der Waals surface area contributed by atoms with Crippen LogP contribution < -0.4 is 5.73 Å². The molecule has 1 aromatic rings. The third kappa shape index (κ3) is 2.75. The zero-order valence-electron chi connectivity index (χ0n) is 13.8. The number of piperidine rings is 1. The first-order valence-electron chi connectivity index (χ1n) is 8.36. The lowest BCUT2D eigenvalue weighted by Gasteiger charge is -2.44. The van der Waals surface area contributed by atoms with Gasteiger partial charge >= 0.3 is 5.92 Å². The van der Waals surface area contributed by atoms with Gasteiger partial charge in [0.2, 0.25) is 0 Å². The number of amides is 1. The maximum absolute atomic E-state index is 14.3. The third-order valence-corrected chi connectivity index (χ3v) is 5.43. The predicted octanol–water partition coefficient (Wildman–Crippen LogP) is 2.23. The van der Waals surface area contributed by atoms with Crippen LogP contribution >= 0.6 is 0 Å². The summed E-state index contributed by atoms with van der Waals surface area (Å²) in [6.45, 7) is 2.48. The molecule has 1 aliphatic heterocycles. The second-order valence-electron chi connectivity index (χ2n) is 6.99. The predicted molar refractivity (Wildman–Crippen MR) is 85.7 cm³/mol. The monoisotopic (exact) mass is 339 g/mol. The van der Waals surface area contributed by atoms with Crippen molar-refractivity contribution in [3.05, 3.63) is 23.4 Å². The van der Waals surface area contributed by atoms with Crippen LogP contribution in [-0.2, 0) is 4.79 Å². The third-order valence-electron chi connectivity index (χ3n) is 5.43. The molecule has 0 atom stereocenters. The molecule has 3 N–H and O–H groups in total. The summed E-state index contributed by atoms with van der Waals surface area (Å²) in [5.74, 6) is -4.30. The number of halogens is 2. The van der Waals surface area contributed by atoms with Gasteiger partial charge in [0.25, 0.3) is 5.91 Å². The van der Waals surface area contributed by atoms with Crippen LogP contribution in [0.4, 0.5) is 14.6 Å². The first-order chi connectivity index (χ1) is 11.2. The van der Waals surface area contributed by atoms with Crippen molar-refractivity contribution in [2.45, 2.75) is 56.5 Å². The number of anilines is 1. The second-order valence-corrected chi connectivity index (χ2v) is 6.99. The van der Waals surface area contributed by atoms with Crippen molar-refractivity contribution in [3.63, 3.8) is 0 Å². The summed E-state index contributed by atoms with van der Waals surface area (Å²) in [4.78, 5) is 17.5. The summed E-state index contributed by atoms with van der Waals surface area (Å²) >= 11 is 0. The Hall–Kier alpha value is -1.76. The fourth-order valence-corrected chi connectivity index (χ4v) is 3.63. The standard InChI is InChI=1S/C17H23F2N3O2/c1-11-9-14(20)21-10-13(11)12-3-7-22(8-4-12)15(23)17(18,19)16(24)5-2-6-16/h9-10,12,24H,2-8H2,1H3,(H2,20,21). The fraction of sp³-hybridized carbons (Fsp3) is 0.647. The Bertz CT molecular complexity index is 639. The quantitative estimate of drug-likeness (QED) is 0.885. The van der Waals surface area contributed by atoms with Gasteiger partial charge in [-0.15, -0.1) is 0 Å². The van der Waals surface area contributed by atoms with Crippen LogP contribution in [0.1, 0.15) is 49.1 Å². The van der Waals surface area contributed by atoms with E-state index in [4.69, 9.17) is 5.73 Å². The number of likely N-dealkylation sites (tertiary alicyclic amines) is 1. The molecule has 3 rings (SSSR count). The number of carbonyl (C=O) groups excluding carboxylic acids is 1. The fourth-order valence-electron chi connectivity index (χ4n) is 3.63. The number of aliphatic hydroxyl groups is 1. The Morgan fingerprint density at radius 2 is 2.04 bits per heavy atom. The molecule has 1 saturated heterocycles. The molecule has 2 aliphatic rings. The maximum atomic E-state index is 14.3.